The lowest BCUT2D eigenvalue weighted by atomic mass is 9.96. The zero-order valence-electron chi connectivity index (χ0n) is 19.4. The highest BCUT2D eigenvalue weighted by Gasteiger charge is 2.28. The lowest BCUT2D eigenvalue weighted by Gasteiger charge is -2.39. The van der Waals surface area contributed by atoms with Crippen molar-refractivity contribution in [2.45, 2.75) is 12.6 Å². The number of benzene rings is 2. The van der Waals surface area contributed by atoms with E-state index in [9.17, 15) is 9.59 Å². The second-order valence-electron chi connectivity index (χ2n) is 8.60. The summed E-state index contributed by atoms with van der Waals surface area (Å²) in [6.07, 6.45) is 3.37. The third-order valence-electron chi connectivity index (χ3n) is 6.37. The fourth-order valence-corrected chi connectivity index (χ4v) is 4.57. The van der Waals surface area contributed by atoms with Crippen LogP contribution in [0.1, 0.15) is 17.2 Å². The van der Waals surface area contributed by atoms with Crippen molar-refractivity contribution in [2.24, 2.45) is 0 Å². The number of hydrogen-bond acceptors (Lipinski definition) is 5. The Kier molecular flexibility index (Phi) is 6.77. The van der Waals surface area contributed by atoms with Crippen molar-refractivity contribution in [3.63, 3.8) is 0 Å². The van der Waals surface area contributed by atoms with Gasteiger partial charge in [0.15, 0.2) is 0 Å². The average Bonchev–Trinajstić information content (AvgIpc) is 2.92. The van der Waals surface area contributed by atoms with Crippen molar-refractivity contribution >= 4 is 5.91 Å². The van der Waals surface area contributed by atoms with Crippen LogP contribution in [0.3, 0.4) is 0 Å². The molecule has 0 unspecified atom stereocenters. The van der Waals surface area contributed by atoms with Gasteiger partial charge >= 0.3 is 0 Å². The molecule has 0 spiro atoms. The molecule has 7 nitrogen and oxygen atoms in total. The van der Waals surface area contributed by atoms with Crippen LogP contribution in [-0.4, -0.2) is 56.7 Å². The molecule has 4 aromatic rings. The molecule has 0 aliphatic carbocycles. The number of carbonyl (C=O) groups excluding carboxylic acids is 1. The van der Waals surface area contributed by atoms with Crippen LogP contribution in [0, 0.1) is 0 Å². The number of amides is 1. The topological polar surface area (TPSA) is 71.3 Å². The molecule has 0 saturated carbocycles. The van der Waals surface area contributed by atoms with Crippen molar-refractivity contribution in [2.75, 3.05) is 26.2 Å². The van der Waals surface area contributed by atoms with E-state index in [0.29, 0.717) is 18.8 Å². The Hall–Kier alpha value is -4.10. The lowest BCUT2D eigenvalue weighted by molar-refractivity contribution is -0.134. The first-order chi connectivity index (χ1) is 17.2. The smallest absolute Gasteiger partial charge is 0.267 e. The first-order valence-corrected chi connectivity index (χ1v) is 11.8. The molecule has 1 aliphatic rings. The van der Waals surface area contributed by atoms with Crippen molar-refractivity contribution in [1.82, 2.24) is 24.6 Å². The van der Waals surface area contributed by atoms with Crippen LogP contribution in [0.4, 0.5) is 0 Å². The standard InChI is InChI=1S/C28H27N5O2/c34-26-14-13-25(24-12-7-15-29-20-24)30-33(26)21-27(35)31-16-18-32(19-17-31)28(22-8-3-1-4-9-22)23-10-5-2-6-11-23/h1-15,20,28H,16-19,21H2. The summed E-state index contributed by atoms with van der Waals surface area (Å²) in [4.78, 5) is 33.8. The summed E-state index contributed by atoms with van der Waals surface area (Å²) in [5.41, 5.74) is 3.60. The monoisotopic (exact) mass is 465 g/mol. The summed E-state index contributed by atoms with van der Waals surface area (Å²) < 4.78 is 1.24. The minimum absolute atomic E-state index is 0.0757. The number of rotatable bonds is 6. The van der Waals surface area contributed by atoms with Crippen LogP contribution < -0.4 is 5.56 Å². The molecule has 2 aromatic heterocycles. The predicted molar refractivity (Wildman–Crippen MR) is 135 cm³/mol. The van der Waals surface area contributed by atoms with Crippen LogP contribution in [0.5, 0.6) is 0 Å². The highest BCUT2D eigenvalue weighted by Crippen LogP contribution is 2.29. The largest absolute Gasteiger partial charge is 0.339 e. The maximum atomic E-state index is 13.1. The van der Waals surface area contributed by atoms with Gasteiger partial charge in [0, 0.05) is 50.2 Å². The SMILES string of the molecule is O=C(Cn1nc(-c2cccnc2)ccc1=O)N1CCN(C(c2ccccc2)c2ccccc2)CC1. The van der Waals surface area contributed by atoms with Gasteiger partial charge in [-0.15, -0.1) is 0 Å². The van der Waals surface area contributed by atoms with Gasteiger partial charge in [0.05, 0.1) is 11.7 Å². The van der Waals surface area contributed by atoms with E-state index < -0.39 is 0 Å². The van der Waals surface area contributed by atoms with Gasteiger partial charge in [0.1, 0.15) is 6.54 Å². The minimum atomic E-state index is -0.294. The maximum Gasteiger partial charge on any atom is 0.267 e. The van der Waals surface area contributed by atoms with Gasteiger partial charge < -0.3 is 4.90 Å². The van der Waals surface area contributed by atoms with Crippen molar-refractivity contribution < 1.29 is 4.79 Å². The number of piperazine rings is 1. The molecule has 0 radical (unpaired) electrons. The van der Waals surface area contributed by atoms with E-state index in [0.717, 1.165) is 18.7 Å². The first-order valence-electron chi connectivity index (χ1n) is 11.8. The molecule has 2 aromatic carbocycles. The average molecular weight is 466 g/mol. The second kappa shape index (κ2) is 10.4. The minimum Gasteiger partial charge on any atom is -0.339 e. The van der Waals surface area contributed by atoms with Gasteiger partial charge in [-0.2, -0.15) is 5.10 Å². The van der Waals surface area contributed by atoms with Gasteiger partial charge in [-0.25, -0.2) is 4.68 Å². The Morgan fingerprint density at radius 3 is 2.06 bits per heavy atom. The highest BCUT2D eigenvalue weighted by atomic mass is 16.2. The Balaban J connectivity index is 1.28. The molecule has 5 rings (SSSR count). The summed E-state index contributed by atoms with van der Waals surface area (Å²) in [6, 6.07) is 27.9. The van der Waals surface area contributed by atoms with E-state index in [1.807, 2.05) is 29.2 Å². The normalized spacial score (nSPS) is 14.3. The van der Waals surface area contributed by atoms with Gasteiger partial charge in [0.25, 0.3) is 5.56 Å². The molecule has 1 saturated heterocycles. The van der Waals surface area contributed by atoms with Gasteiger partial charge in [-0.1, -0.05) is 60.7 Å². The molecule has 7 heteroatoms. The predicted octanol–water partition coefficient (Wildman–Crippen LogP) is 3.24. The summed E-state index contributed by atoms with van der Waals surface area (Å²) >= 11 is 0. The third-order valence-corrected chi connectivity index (χ3v) is 6.37. The fraction of sp³-hybridized carbons (Fsp3) is 0.214. The molecule has 3 heterocycles. The van der Waals surface area contributed by atoms with E-state index in [1.54, 1.807) is 18.5 Å². The first kappa shape index (κ1) is 22.7. The van der Waals surface area contributed by atoms with Crippen molar-refractivity contribution in [3.05, 3.63) is 119 Å². The highest BCUT2D eigenvalue weighted by molar-refractivity contribution is 5.76. The molecule has 0 N–H and O–H groups in total. The van der Waals surface area contributed by atoms with Crippen LogP contribution in [0.15, 0.2) is 102 Å². The molecule has 176 valence electrons. The van der Waals surface area contributed by atoms with Crippen molar-refractivity contribution in [1.29, 1.82) is 0 Å². The number of carbonyl (C=O) groups is 1. The number of aromatic nitrogens is 3. The third kappa shape index (κ3) is 5.20. The lowest BCUT2D eigenvalue weighted by Crippen LogP contribution is -2.51. The number of pyridine rings is 1. The Morgan fingerprint density at radius 2 is 1.46 bits per heavy atom. The van der Waals surface area contributed by atoms with Crippen LogP contribution in [-0.2, 0) is 11.3 Å². The van der Waals surface area contributed by atoms with Gasteiger partial charge in [0.2, 0.25) is 5.91 Å². The Bertz CT molecular complexity index is 1280. The Labute approximate surface area is 204 Å². The molecule has 1 aliphatic heterocycles. The van der Waals surface area contributed by atoms with Gasteiger partial charge in [-0.3, -0.25) is 19.5 Å². The van der Waals surface area contributed by atoms with Crippen LogP contribution in [0.25, 0.3) is 11.3 Å². The van der Waals surface area contributed by atoms with E-state index >= 15 is 0 Å². The summed E-state index contributed by atoms with van der Waals surface area (Å²) in [5.74, 6) is -0.0986. The second-order valence-corrected chi connectivity index (χ2v) is 8.60. The zero-order chi connectivity index (χ0) is 24.0. The van der Waals surface area contributed by atoms with E-state index in [4.69, 9.17) is 0 Å². The van der Waals surface area contributed by atoms with Crippen molar-refractivity contribution in [3.8, 4) is 11.3 Å². The van der Waals surface area contributed by atoms with E-state index in [-0.39, 0.29) is 24.1 Å². The number of nitrogens with zero attached hydrogens (tertiary/aromatic N) is 5. The van der Waals surface area contributed by atoms with Crippen LogP contribution in [0.2, 0.25) is 0 Å². The molecule has 35 heavy (non-hydrogen) atoms. The fourth-order valence-electron chi connectivity index (χ4n) is 4.57. The zero-order valence-corrected chi connectivity index (χ0v) is 19.4. The number of hydrogen-bond donors (Lipinski definition) is 0. The summed E-state index contributed by atoms with van der Waals surface area (Å²) in [5, 5.41) is 4.41. The Morgan fingerprint density at radius 1 is 0.800 bits per heavy atom. The summed E-state index contributed by atoms with van der Waals surface area (Å²) in [7, 11) is 0. The van der Waals surface area contributed by atoms with E-state index in [1.165, 1.54) is 21.9 Å². The van der Waals surface area contributed by atoms with Gasteiger partial charge in [-0.05, 0) is 29.3 Å². The molecular weight excluding hydrogens is 438 g/mol. The van der Waals surface area contributed by atoms with E-state index in [2.05, 4.69) is 63.5 Å². The molecule has 1 amide bonds. The van der Waals surface area contributed by atoms with Crippen LogP contribution >= 0.6 is 0 Å². The molecule has 0 atom stereocenters. The molecule has 1 fully saturated rings. The molecule has 0 bridgehead atoms. The maximum absolute atomic E-state index is 13.1. The summed E-state index contributed by atoms with van der Waals surface area (Å²) in [6.45, 7) is 2.63. The quantitative estimate of drug-likeness (QED) is 0.437. The molecular formula is C28H27N5O2.